The number of nitriles is 1. The Hall–Kier alpha value is -3.86. The van der Waals surface area contributed by atoms with Crippen LogP contribution in [0.1, 0.15) is 36.7 Å². The lowest BCUT2D eigenvalue weighted by Crippen LogP contribution is -2.38. The van der Waals surface area contributed by atoms with Gasteiger partial charge in [-0.15, -0.1) is 0 Å². The van der Waals surface area contributed by atoms with E-state index in [1.807, 2.05) is 6.07 Å². The van der Waals surface area contributed by atoms with E-state index in [1.54, 1.807) is 63.2 Å². The van der Waals surface area contributed by atoms with Crippen LogP contribution in [0.2, 0.25) is 0 Å². The Balaban J connectivity index is 1.99. The second kappa shape index (κ2) is 9.56. The van der Waals surface area contributed by atoms with Gasteiger partial charge in [0.1, 0.15) is 12.1 Å². The van der Waals surface area contributed by atoms with Gasteiger partial charge in [-0.25, -0.2) is 4.79 Å². The maximum Gasteiger partial charge on any atom is 0.410 e. The molecule has 0 aliphatic rings. The van der Waals surface area contributed by atoms with Crippen molar-refractivity contribution in [2.45, 2.75) is 26.4 Å². The number of carbonyl (C=O) groups is 3. The van der Waals surface area contributed by atoms with Gasteiger partial charge in [0.15, 0.2) is 0 Å². The number of hydrogen-bond donors (Lipinski definition) is 2. The number of anilines is 2. The number of carbonyl (C=O) groups excluding carboxylic acids is 3. The molecule has 0 aliphatic carbocycles. The Morgan fingerprint density at radius 3 is 2.30 bits per heavy atom. The van der Waals surface area contributed by atoms with Gasteiger partial charge in [0, 0.05) is 24.0 Å². The molecule has 2 N–H and O–H groups in total. The van der Waals surface area contributed by atoms with Crippen molar-refractivity contribution < 1.29 is 19.1 Å². The van der Waals surface area contributed by atoms with E-state index < -0.39 is 17.6 Å². The predicted molar refractivity (Wildman–Crippen MR) is 113 cm³/mol. The van der Waals surface area contributed by atoms with Crippen molar-refractivity contribution in [1.29, 1.82) is 5.26 Å². The van der Waals surface area contributed by atoms with Crippen LogP contribution in [0.4, 0.5) is 16.2 Å². The Labute approximate surface area is 175 Å². The van der Waals surface area contributed by atoms with E-state index in [2.05, 4.69) is 10.6 Å². The molecular weight excluding hydrogens is 384 g/mol. The van der Waals surface area contributed by atoms with Gasteiger partial charge in [-0.1, -0.05) is 12.1 Å². The van der Waals surface area contributed by atoms with Crippen molar-refractivity contribution in [3.8, 4) is 6.07 Å². The zero-order valence-corrected chi connectivity index (χ0v) is 17.4. The quantitative estimate of drug-likeness (QED) is 0.785. The summed E-state index contributed by atoms with van der Waals surface area (Å²) in [4.78, 5) is 37.8. The molecule has 0 heterocycles. The Bertz CT molecular complexity index is 989. The normalized spacial score (nSPS) is 10.5. The van der Waals surface area contributed by atoms with Crippen LogP contribution < -0.4 is 10.6 Å². The summed E-state index contributed by atoms with van der Waals surface area (Å²) in [7, 11) is 1.47. The summed E-state index contributed by atoms with van der Waals surface area (Å²) < 4.78 is 5.21. The lowest BCUT2D eigenvalue weighted by atomic mass is 10.1. The van der Waals surface area contributed by atoms with Crippen LogP contribution in [0, 0.1) is 11.3 Å². The van der Waals surface area contributed by atoms with Crippen molar-refractivity contribution in [2.24, 2.45) is 0 Å². The summed E-state index contributed by atoms with van der Waals surface area (Å²) in [6.45, 7) is 5.02. The fraction of sp³-hybridized carbons (Fsp3) is 0.273. The standard InChI is InChI=1S/C22H24N4O4/c1-22(2,3)30-21(29)26(4)14-19(27)24-18-10-6-8-16(12-18)20(28)25-17-9-5-7-15(11-17)13-23/h5-12H,14H2,1-4H3,(H,24,27)(H,25,28). The number of ether oxygens (including phenoxy) is 1. The first-order valence-electron chi connectivity index (χ1n) is 9.23. The number of rotatable bonds is 5. The van der Waals surface area contributed by atoms with Gasteiger partial charge in [-0.3, -0.25) is 9.59 Å². The minimum absolute atomic E-state index is 0.202. The fourth-order valence-electron chi connectivity index (χ4n) is 2.43. The molecule has 8 heteroatoms. The highest BCUT2D eigenvalue weighted by atomic mass is 16.6. The Morgan fingerprint density at radius 1 is 1.03 bits per heavy atom. The smallest absolute Gasteiger partial charge is 0.410 e. The molecule has 0 saturated carbocycles. The van der Waals surface area contributed by atoms with E-state index in [9.17, 15) is 14.4 Å². The molecule has 0 spiro atoms. The maximum atomic E-state index is 12.5. The molecule has 30 heavy (non-hydrogen) atoms. The van der Waals surface area contributed by atoms with Crippen molar-refractivity contribution in [3.05, 3.63) is 59.7 Å². The highest BCUT2D eigenvalue weighted by molar-refractivity contribution is 6.05. The van der Waals surface area contributed by atoms with Crippen molar-refractivity contribution in [2.75, 3.05) is 24.2 Å². The maximum absolute atomic E-state index is 12.5. The van der Waals surface area contributed by atoms with E-state index >= 15 is 0 Å². The zero-order chi connectivity index (χ0) is 22.3. The van der Waals surface area contributed by atoms with Crippen LogP contribution in [0.25, 0.3) is 0 Å². The molecule has 2 rings (SSSR count). The molecule has 8 nitrogen and oxygen atoms in total. The van der Waals surface area contributed by atoms with Crippen LogP contribution in [0.15, 0.2) is 48.5 Å². The largest absolute Gasteiger partial charge is 0.444 e. The van der Waals surface area contributed by atoms with Gasteiger partial charge in [-0.2, -0.15) is 5.26 Å². The van der Waals surface area contributed by atoms with E-state index in [4.69, 9.17) is 10.00 Å². The molecule has 0 aliphatic heterocycles. The Kier molecular flexibility index (Phi) is 7.15. The van der Waals surface area contributed by atoms with Crippen molar-refractivity contribution >= 4 is 29.3 Å². The number of benzene rings is 2. The minimum Gasteiger partial charge on any atom is -0.444 e. The average Bonchev–Trinajstić information content (AvgIpc) is 2.66. The van der Waals surface area contributed by atoms with Crippen LogP contribution in [0.3, 0.4) is 0 Å². The van der Waals surface area contributed by atoms with Gasteiger partial charge < -0.3 is 20.3 Å². The van der Waals surface area contributed by atoms with Crippen LogP contribution in [0.5, 0.6) is 0 Å². The average molecular weight is 408 g/mol. The van der Waals surface area contributed by atoms with Crippen LogP contribution in [-0.2, 0) is 9.53 Å². The number of nitrogens with one attached hydrogen (secondary N) is 2. The zero-order valence-electron chi connectivity index (χ0n) is 17.4. The summed E-state index contributed by atoms with van der Waals surface area (Å²) >= 11 is 0. The summed E-state index contributed by atoms with van der Waals surface area (Å²) in [5.74, 6) is -0.810. The first-order chi connectivity index (χ1) is 14.1. The first kappa shape index (κ1) is 22.4. The molecular formula is C22H24N4O4. The molecule has 0 aromatic heterocycles. The molecule has 0 atom stereocenters. The van der Waals surface area contributed by atoms with E-state index in [-0.39, 0.29) is 12.5 Å². The lowest BCUT2D eigenvalue weighted by Gasteiger charge is -2.24. The van der Waals surface area contributed by atoms with Crippen LogP contribution in [-0.4, -0.2) is 42.0 Å². The highest BCUT2D eigenvalue weighted by Crippen LogP contribution is 2.15. The predicted octanol–water partition coefficient (Wildman–Crippen LogP) is 3.62. The van der Waals surface area contributed by atoms with E-state index in [1.165, 1.54) is 18.0 Å². The molecule has 3 amide bonds. The molecule has 2 aromatic rings. The summed E-state index contributed by atoms with van der Waals surface area (Å²) in [6.07, 6.45) is -0.606. The summed E-state index contributed by atoms with van der Waals surface area (Å²) in [6, 6.07) is 15.0. The third kappa shape index (κ3) is 6.95. The number of likely N-dealkylation sites (N-methyl/N-ethyl adjacent to an activating group) is 1. The lowest BCUT2D eigenvalue weighted by molar-refractivity contribution is -0.117. The molecule has 0 fully saturated rings. The molecule has 0 bridgehead atoms. The number of hydrogen-bond acceptors (Lipinski definition) is 5. The second-order valence-electron chi connectivity index (χ2n) is 7.61. The van der Waals surface area contributed by atoms with Crippen molar-refractivity contribution in [3.63, 3.8) is 0 Å². The highest BCUT2D eigenvalue weighted by Gasteiger charge is 2.21. The van der Waals surface area contributed by atoms with Gasteiger partial charge in [0.2, 0.25) is 5.91 Å². The summed E-state index contributed by atoms with van der Waals surface area (Å²) in [5.41, 5.74) is 1.01. The van der Waals surface area contributed by atoms with Crippen LogP contribution >= 0.6 is 0 Å². The molecule has 0 radical (unpaired) electrons. The van der Waals surface area contributed by atoms with E-state index in [0.717, 1.165) is 0 Å². The van der Waals surface area contributed by atoms with Gasteiger partial charge in [0.05, 0.1) is 11.6 Å². The first-order valence-corrected chi connectivity index (χ1v) is 9.23. The molecule has 2 aromatic carbocycles. The molecule has 156 valence electrons. The third-order valence-electron chi connectivity index (χ3n) is 3.74. The van der Waals surface area contributed by atoms with Crippen molar-refractivity contribution in [1.82, 2.24) is 4.90 Å². The Morgan fingerprint density at radius 2 is 1.67 bits per heavy atom. The molecule has 0 saturated heterocycles. The second-order valence-corrected chi connectivity index (χ2v) is 7.61. The topological polar surface area (TPSA) is 112 Å². The summed E-state index contributed by atoms with van der Waals surface area (Å²) in [5, 5.41) is 14.3. The van der Waals surface area contributed by atoms with E-state index in [0.29, 0.717) is 22.5 Å². The minimum atomic E-state index is -0.656. The monoisotopic (exact) mass is 408 g/mol. The number of nitrogens with zero attached hydrogens (tertiary/aromatic N) is 2. The third-order valence-corrected chi connectivity index (χ3v) is 3.74. The van der Waals surface area contributed by atoms with Gasteiger partial charge >= 0.3 is 6.09 Å². The fourth-order valence-corrected chi connectivity index (χ4v) is 2.43. The molecule has 0 unspecified atom stereocenters. The number of amides is 3. The van der Waals surface area contributed by atoms with Gasteiger partial charge in [0.25, 0.3) is 5.91 Å². The van der Waals surface area contributed by atoms with Gasteiger partial charge in [-0.05, 0) is 57.2 Å². The SMILES string of the molecule is CN(CC(=O)Nc1cccc(C(=O)Nc2cccc(C#N)c2)c1)C(=O)OC(C)(C)C.